The van der Waals surface area contributed by atoms with Crippen LogP contribution in [0, 0.1) is 11.6 Å². The van der Waals surface area contributed by atoms with Crippen molar-refractivity contribution >= 4 is 23.4 Å². The molecule has 1 aromatic carbocycles. The predicted molar refractivity (Wildman–Crippen MR) is 87.1 cm³/mol. The molecule has 1 fully saturated rings. The molecule has 0 saturated carbocycles. The van der Waals surface area contributed by atoms with Gasteiger partial charge < -0.3 is 15.5 Å². The maximum Gasteiger partial charge on any atom is 0.323 e. The smallest absolute Gasteiger partial charge is 0.323 e. The molecule has 1 aromatic heterocycles. The fraction of sp³-hybridized carbons (Fsp3) is 0.312. The maximum absolute atomic E-state index is 13.1. The lowest BCUT2D eigenvalue weighted by atomic mass is 10.1. The van der Waals surface area contributed by atoms with Crippen molar-refractivity contribution < 1.29 is 13.6 Å². The normalized spacial score (nSPS) is 14.3. The quantitative estimate of drug-likeness (QED) is 0.903. The molecule has 0 spiro atoms. The van der Waals surface area contributed by atoms with Gasteiger partial charge in [0.1, 0.15) is 0 Å². The van der Waals surface area contributed by atoms with Gasteiger partial charge in [0.15, 0.2) is 11.6 Å². The molecule has 0 radical (unpaired) electrons. The maximum atomic E-state index is 13.1. The summed E-state index contributed by atoms with van der Waals surface area (Å²) in [4.78, 5) is 22.5. The fourth-order valence-electron chi connectivity index (χ4n) is 2.51. The number of urea groups is 1. The summed E-state index contributed by atoms with van der Waals surface area (Å²) in [5, 5.41) is 4.96. The third-order valence-corrected chi connectivity index (χ3v) is 3.71. The van der Waals surface area contributed by atoms with Crippen LogP contribution in [0.3, 0.4) is 0 Å². The van der Waals surface area contributed by atoms with Crippen LogP contribution < -0.4 is 15.5 Å². The first-order valence-electron chi connectivity index (χ1n) is 7.72. The number of hydrogen-bond acceptors (Lipinski definition) is 4. The summed E-state index contributed by atoms with van der Waals surface area (Å²) in [6.45, 7) is 1.87. The van der Waals surface area contributed by atoms with Crippen LogP contribution in [0.25, 0.3) is 0 Å². The molecule has 126 valence electrons. The van der Waals surface area contributed by atoms with E-state index in [-0.39, 0.29) is 5.69 Å². The van der Waals surface area contributed by atoms with Crippen LogP contribution in [-0.4, -0.2) is 29.1 Å². The van der Waals surface area contributed by atoms with E-state index in [1.165, 1.54) is 24.9 Å². The molecule has 2 heterocycles. The van der Waals surface area contributed by atoms with E-state index in [2.05, 4.69) is 25.5 Å². The van der Waals surface area contributed by atoms with E-state index in [1.54, 1.807) is 0 Å². The van der Waals surface area contributed by atoms with Crippen molar-refractivity contribution in [1.82, 2.24) is 9.97 Å². The molecular formula is C16H17F2N5O. The minimum absolute atomic E-state index is 0.150. The Morgan fingerprint density at radius 1 is 0.958 bits per heavy atom. The van der Waals surface area contributed by atoms with Gasteiger partial charge in [0.25, 0.3) is 0 Å². The highest BCUT2D eigenvalue weighted by Gasteiger charge is 2.13. The van der Waals surface area contributed by atoms with Gasteiger partial charge in [0.05, 0.1) is 18.1 Å². The number of aromatic nitrogens is 2. The van der Waals surface area contributed by atoms with Gasteiger partial charge in [-0.05, 0) is 31.4 Å². The van der Waals surface area contributed by atoms with E-state index in [9.17, 15) is 13.6 Å². The Kier molecular flexibility index (Phi) is 4.83. The van der Waals surface area contributed by atoms with Gasteiger partial charge >= 0.3 is 6.03 Å². The molecule has 1 aliphatic rings. The summed E-state index contributed by atoms with van der Waals surface area (Å²) in [7, 11) is 0. The second-order valence-electron chi connectivity index (χ2n) is 5.53. The van der Waals surface area contributed by atoms with E-state index in [1.807, 2.05) is 0 Å². The first kappa shape index (κ1) is 16.1. The number of rotatable bonds is 3. The minimum atomic E-state index is -1.03. The molecule has 0 unspecified atom stereocenters. The Bertz CT molecular complexity index is 717. The van der Waals surface area contributed by atoms with Crippen molar-refractivity contribution in [2.45, 2.75) is 19.3 Å². The Balaban J connectivity index is 1.58. The Labute approximate surface area is 137 Å². The lowest BCUT2D eigenvalue weighted by Crippen LogP contribution is -2.31. The van der Waals surface area contributed by atoms with Gasteiger partial charge in [-0.25, -0.2) is 23.5 Å². The average Bonchev–Trinajstić information content (AvgIpc) is 2.59. The van der Waals surface area contributed by atoms with Crippen molar-refractivity contribution in [3.63, 3.8) is 0 Å². The Morgan fingerprint density at radius 3 is 2.29 bits per heavy atom. The molecule has 2 amide bonds. The average molecular weight is 333 g/mol. The van der Waals surface area contributed by atoms with Gasteiger partial charge in [0.2, 0.25) is 5.95 Å². The number of carbonyl (C=O) groups is 1. The second-order valence-corrected chi connectivity index (χ2v) is 5.53. The van der Waals surface area contributed by atoms with Crippen molar-refractivity contribution in [2.24, 2.45) is 0 Å². The number of benzene rings is 1. The highest BCUT2D eigenvalue weighted by molar-refractivity contribution is 5.99. The van der Waals surface area contributed by atoms with Crippen molar-refractivity contribution in [3.8, 4) is 0 Å². The molecule has 6 nitrogen and oxygen atoms in total. The highest BCUT2D eigenvalue weighted by Crippen LogP contribution is 2.17. The van der Waals surface area contributed by atoms with E-state index < -0.39 is 17.7 Å². The number of hydrogen-bond donors (Lipinski definition) is 2. The highest BCUT2D eigenvalue weighted by atomic mass is 19.2. The molecule has 0 atom stereocenters. The SMILES string of the molecule is O=C(Nc1cnc(N2CCCCC2)nc1)Nc1ccc(F)c(F)c1. The molecule has 2 aromatic rings. The van der Waals surface area contributed by atoms with Crippen LogP contribution in [0.2, 0.25) is 0 Å². The molecule has 24 heavy (non-hydrogen) atoms. The summed E-state index contributed by atoms with van der Waals surface area (Å²) in [5.74, 6) is -1.36. The van der Waals surface area contributed by atoms with Crippen LogP contribution in [0.5, 0.6) is 0 Å². The number of halogens is 2. The standard InChI is InChI=1S/C16H17F2N5O/c17-13-5-4-11(8-14(13)18)21-16(24)22-12-9-19-15(20-10-12)23-6-2-1-3-7-23/h4-5,8-10H,1-3,6-7H2,(H2,21,22,24). The zero-order valence-electron chi connectivity index (χ0n) is 12.9. The number of carbonyl (C=O) groups excluding carboxylic acids is 1. The molecule has 2 N–H and O–H groups in total. The lowest BCUT2D eigenvalue weighted by Gasteiger charge is -2.26. The molecule has 0 bridgehead atoms. The Morgan fingerprint density at radius 2 is 1.62 bits per heavy atom. The molecular weight excluding hydrogens is 316 g/mol. The van der Waals surface area contributed by atoms with E-state index in [4.69, 9.17) is 0 Å². The molecule has 3 rings (SSSR count). The number of amides is 2. The summed E-state index contributed by atoms with van der Waals surface area (Å²) in [5.41, 5.74) is 0.563. The largest absolute Gasteiger partial charge is 0.341 e. The van der Waals surface area contributed by atoms with Crippen LogP contribution in [0.1, 0.15) is 19.3 Å². The predicted octanol–water partition coefficient (Wildman–Crippen LogP) is 3.39. The van der Waals surface area contributed by atoms with Crippen molar-refractivity contribution in [3.05, 3.63) is 42.2 Å². The van der Waals surface area contributed by atoms with Crippen LogP contribution >= 0.6 is 0 Å². The van der Waals surface area contributed by atoms with Gasteiger partial charge in [-0.1, -0.05) is 0 Å². The van der Waals surface area contributed by atoms with Gasteiger partial charge in [-0.2, -0.15) is 0 Å². The van der Waals surface area contributed by atoms with Crippen LogP contribution in [0.15, 0.2) is 30.6 Å². The zero-order chi connectivity index (χ0) is 16.9. The number of nitrogens with one attached hydrogen (secondary N) is 2. The first-order valence-corrected chi connectivity index (χ1v) is 7.72. The molecule has 8 heteroatoms. The van der Waals surface area contributed by atoms with Gasteiger partial charge in [-0.15, -0.1) is 0 Å². The second kappa shape index (κ2) is 7.20. The van der Waals surface area contributed by atoms with Gasteiger partial charge in [-0.3, -0.25) is 0 Å². The zero-order valence-corrected chi connectivity index (χ0v) is 12.9. The van der Waals surface area contributed by atoms with Crippen LogP contribution in [0.4, 0.5) is 30.9 Å². The topological polar surface area (TPSA) is 70.2 Å². The number of anilines is 3. The molecule has 0 aliphatic carbocycles. The number of piperidine rings is 1. The third-order valence-electron chi connectivity index (χ3n) is 3.71. The summed E-state index contributed by atoms with van der Waals surface area (Å²) >= 11 is 0. The van der Waals surface area contributed by atoms with Crippen molar-refractivity contribution in [2.75, 3.05) is 28.6 Å². The minimum Gasteiger partial charge on any atom is -0.341 e. The van der Waals surface area contributed by atoms with E-state index in [0.717, 1.165) is 38.1 Å². The third kappa shape index (κ3) is 3.95. The molecule has 1 saturated heterocycles. The van der Waals surface area contributed by atoms with E-state index in [0.29, 0.717) is 11.6 Å². The van der Waals surface area contributed by atoms with Crippen molar-refractivity contribution in [1.29, 1.82) is 0 Å². The fourth-order valence-corrected chi connectivity index (χ4v) is 2.51. The monoisotopic (exact) mass is 333 g/mol. The first-order chi connectivity index (χ1) is 11.6. The number of nitrogens with zero attached hydrogens (tertiary/aromatic N) is 3. The van der Waals surface area contributed by atoms with Crippen LogP contribution in [-0.2, 0) is 0 Å². The lowest BCUT2D eigenvalue weighted by molar-refractivity contribution is 0.262. The summed E-state index contributed by atoms with van der Waals surface area (Å²) < 4.78 is 26.0. The summed E-state index contributed by atoms with van der Waals surface area (Å²) in [6.07, 6.45) is 6.50. The van der Waals surface area contributed by atoms with Gasteiger partial charge in [0, 0.05) is 24.8 Å². The summed E-state index contributed by atoms with van der Waals surface area (Å²) in [6, 6.07) is 2.54. The Hall–Kier alpha value is -2.77. The molecule has 1 aliphatic heterocycles. The van der Waals surface area contributed by atoms with E-state index >= 15 is 0 Å².